The molecule has 0 aliphatic carbocycles. The van der Waals surface area contributed by atoms with E-state index in [9.17, 15) is 22.8 Å². The van der Waals surface area contributed by atoms with E-state index in [0.717, 1.165) is 57.3 Å². The number of alkyl halides is 3. The molecular weight excluding hydrogens is 459 g/mol. The predicted octanol–water partition coefficient (Wildman–Crippen LogP) is 5.02. The first-order valence-corrected chi connectivity index (χ1v) is 11.9. The van der Waals surface area contributed by atoms with Crippen molar-refractivity contribution in [2.24, 2.45) is 0 Å². The fourth-order valence-corrected chi connectivity index (χ4v) is 4.12. The van der Waals surface area contributed by atoms with Gasteiger partial charge in [-0.1, -0.05) is 26.0 Å². The van der Waals surface area contributed by atoms with Crippen molar-refractivity contribution in [3.8, 4) is 0 Å². The van der Waals surface area contributed by atoms with Crippen molar-refractivity contribution in [2.75, 3.05) is 54.8 Å². The van der Waals surface area contributed by atoms with Crippen molar-refractivity contribution in [1.82, 2.24) is 10.2 Å². The number of para-hydroxylation sites is 1. The van der Waals surface area contributed by atoms with E-state index in [1.165, 1.54) is 18.2 Å². The molecule has 10 heteroatoms. The van der Waals surface area contributed by atoms with Crippen LogP contribution in [0.25, 0.3) is 0 Å². The van der Waals surface area contributed by atoms with Gasteiger partial charge in [0.2, 0.25) is 0 Å². The number of amides is 3. The number of hydrogen-bond acceptors (Lipinski definition) is 4. The van der Waals surface area contributed by atoms with Crippen LogP contribution in [0, 0.1) is 0 Å². The summed E-state index contributed by atoms with van der Waals surface area (Å²) in [7, 11) is 0. The number of carbonyl (C=O) groups is 2. The fourth-order valence-electron chi connectivity index (χ4n) is 4.12. The molecule has 0 aromatic heterocycles. The zero-order chi connectivity index (χ0) is 25.4. The SMILES string of the molecule is CCN(CC)CCNC(=O)c1cc(NC(=O)Nc2ccccc2C(F)(F)F)ccc1N1CCCC1. The maximum Gasteiger partial charge on any atom is 0.418 e. The molecular formula is C25H32F3N5O2. The van der Waals surface area contributed by atoms with Crippen LogP contribution in [0.4, 0.5) is 35.0 Å². The van der Waals surface area contributed by atoms with Crippen LogP contribution in [-0.4, -0.2) is 56.1 Å². The Bertz CT molecular complexity index is 1020. The molecule has 1 heterocycles. The van der Waals surface area contributed by atoms with Crippen molar-refractivity contribution in [3.05, 3.63) is 53.6 Å². The third-order valence-electron chi connectivity index (χ3n) is 6.03. The Morgan fingerprint density at radius 1 is 1.00 bits per heavy atom. The largest absolute Gasteiger partial charge is 0.418 e. The highest BCUT2D eigenvalue weighted by molar-refractivity contribution is 6.04. The van der Waals surface area contributed by atoms with Crippen LogP contribution >= 0.6 is 0 Å². The van der Waals surface area contributed by atoms with Gasteiger partial charge in [-0.15, -0.1) is 0 Å². The molecule has 0 saturated carbocycles. The summed E-state index contributed by atoms with van der Waals surface area (Å²) < 4.78 is 39.7. The molecule has 3 amide bonds. The summed E-state index contributed by atoms with van der Waals surface area (Å²) in [5.74, 6) is -0.259. The van der Waals surface area contributed by atoms with Gasteiger partial charge in [-0.2, -0.15) is 13.2 Å². The minimum absolute atomic E-state index is 0.259. The molecule has 7 nitrogen and oxygen atoms in total. The third-order valence-corrected chi connectivity index (χ3v) is 6.03. The predicted molar refractivity (Wildman–Crippen MR) is 132 cm³/mol. The number of halogens is 3. The molecule has 1 aliphatic heterocycles. The van der Waals surface area contributed by atoms with Crippen LogP contribution in [0.3, 0.4) is 0 Å². The van der Waals surface area contributed by atoms with Crippen molar-refractivity contribution >= 4 is 29.0 Å². The molecule has 3 rings (SSSR count). The zero-order valence-electron chi connectivity index (χ0n) is 20.0. The van der Waals surface area contributed by atoms with Crippen LogP contribution in [-0.2, 0) is 6.18 Å². The van der Waals surface area contributed by atoms with E-state index in [1.807, 2.05) is 0 Å². The standard InChI is InChI=1S/C25H32F3N5O2/c1-3-32(4-2)16-13-29-23(34)19-17-18(11-12-22(19)33-14-7-8-15-33)30-24(35)31-21-10-6-5-9-20(21)25(26,27)28/h5-6,9-12,17H,3-4,7-8,13-16H2,1-2H3,(H,29,34)(H2,30,31,35). The van der Waals surface area contributed by atoms with E-state index >= 15 is 0 Å². The molecule has 1 saturated heterocycles. The average molecular weight is 492 g/mol. The molecule has 0 radical (unpaired) electrons. The van der Waals surface area contributed by atoms with Gasteiger partial charge in [-0.3, -0.25) is 4.79 Å². The molecule has 0 bridgehead atoms. The first-order valence-electron chi connectivity index (χ1n) is 11.9. The van der Waals surface area contributed by atoms with E-state index in [0.29, 0.717) is 17.8 Å². The van der Waals surface area contributed by atoms with Crippen molar-refractivity contribution in [1.29, 1.82) is 0 Å². The number of nitrogens with zero attached hydrogens (tertiary/aromatic N) is 2. The minimum Gasteiger partial charge on any atom is -0.371 e. The van der Waals surface area contributed by atoms with Gasteiger partial charge >= 0.3 is 12.2 Å². The van der Waals surface area contributed by atoms with Crippen LogP contribution in [0.15, 0.2) is 42.5 Å². The zero-order valence-corrected chi connectivity index (χ0v) is 20.0. The van der Waals surface area contributed by atoms with E-state index in [4.69, 9.17) is 0 Å². The lowest BCUT2D eigenvalue weighted by Crippen LogP contribution is -2.35. The number of urea groups is 1. The van der Waals surface area contributed by atoms with Crippen LogP contribution < -0.4 is 20.9 Å². The molecule has 1 fully saturated rings. The highest BCUT2D eigenvalue weighted by atomic mass is 19.4. The Kier molecular flexibility index (Phi) is 8.97. The molecule has 0 unspecified atom stereocenters. The summed E-state index contributed by atoms with van der Waals surface area (Å²) in [6.45, 7) is 8.76. The van der Waals surface area contributed by atoms with Crippen LogP contribution in [0.1, 0.15) is 42.6 Å². The summed E-state index contributed by atoms with van der Waals surface area (Å²) >= 11 is 0. The monoisotopic (exact) mass is 491 g/mol. The Labute approximate surface area is 203 Å². The number of nitrogens with one attached hydrogen (secondary N) is 3. The van der Waals surface area contributed by atoms with Crippen molar-refractivity contribution in [2.45, 2.75) is 32.9 Å². The fraction of sp³-hybridized carbons (Fsp3) is 0.440. The van der Waals surface area contributed by atoms with Gasteiger partial charge in [0.15, 0.2) is 0 Å². The first kappa shape index (κ1) is 26.3. The number of benzene rings is 2. The second-order valence-electron chi connectivity index (χ2n) is 8.33. The second-order valence-corrected chi connectivity index (χ2v) is 8.33. The maximum atomic E-state index is 13.2. The van der Waals surface area contributed by atoms with E-state index in [2.05, 4.69) is 39.6 Å². The quantitative estimate of drug-likeness (QED) is 0.460. The lowest BCUT2D eigenvalue weighted by Gasteiger charge is -2.23. The number of hydrogen-bond donors (Lipinski definition) is 3. The summed E-state index contributed by atoms with van der Waals surface area (Å²) in [6.07, 6.45) is -2.54. The molecule has 1 aliphatic rings. The normalized spacial score (nSPS) is 13.7. The molecule has 0 spiro atoms. The molecule has 35 heavy (non-hydrogen) atoms. The Balaban J connectivity index is 1.76. The maximum absolute atomic E-state index is 13.2. The summed E-state index contributed by atoms with van der Waals surface area (Å²) in [5, 5.41) is 7.75. The van der Waals surface area contributed by atoms with Crippen LogP contribution in [0.5, 0.6) is 0 Å². The van der Waals surface area contributed by atoms with Crippen molar-refractivity contribution in [3.63, 3.8) is 0 Å². The van der Waals surface area contributed by atoms with Gasteiger partial charge < -0.3 is 25.8 Å². The minimum atomic E-state index is -4.60. The summed E-state index contributed by atoms with van der Waals surface area (Å²) in [6, 6.07) is 8.91. The smallest absolute Gasteiger partial charge is 0.371 e. The number of rotatable bonds is 9. The lowest BCUT2D eigenvalue weighted by atomic mass is 10.1. The van der Waals surface area contributed by atoms with E-state index in [1.54, 1.807) is 18.2 Å². The number of carbonyl (C=O) groups excluding carboxylic acids is 2. The van der Waals surface area contributed by atoms with E-state index in [-0.39, 0.29) is 11.6 Å². The molecule has 0 atom stereocenters. The van der Waals surface area contributed by atoms with Gasteiger partial charge in [-0.05, 0) is 56.3 Å². The number of likely N-dealkylation sites (N-methyl/N-ethyl adjacent to an activating group) is 1. The average Bonchev–Trinajstić information content (AvgIpc) is 3.36. The summed E-state index contributed by atoms with van der Waals surface area (Å²) in [5.41, 5.74) is 0.216. The van der Waals surface area contributed by atoms with Gasteiger partial charge in [-0.25, -0.2) is 4.79 Å². The Hall–Kier alpha value is -3.27. The van der Waals surface area contributed by atoms with E-state index < -0.39 is 17.8 Å². The highest BCUT2D eigenvalue weighted by Crippen LogP contribution is 2.34. The Morgan fingerprint density at radius 2 is 1.69 bits per heavy atom. The molecule has 3 N–H and O–H groups in total. The second kappa shape index (κ2) is 11.9. The lowest BCUT2D eigenvalue weighted by molar-refractivity contribution is -0.136. The molecule has 2 aromatic carbocycles. The third kappa shape index (κ3) is 7.11. The topological polar surface area (TPSA) is 76.7 Å². The summed E-state index contributed by atoms with van der Waals surface area (Å²) in [4.78, 5) is 29.9. The number of anilines is 3. The van der Waals surface area contributed by atoms with Gasteiger partial charge in [0.25, 0.3) is 5.91 Å². The van der Waals surface area contributed by atoms with Crippen LogP contribution in [0.2, 0.25) is 0 Å². The van der Waals surface area contributed by atoms with Gasteiger partial charge in [0.1, 0.15) is 0 Å². The Morgan fingerprint density at radius 3 is 2.34 bits per heavy atom. The molecule has 190 valence electrons. The van der Waals surface area contributed by atoms with Gasteiger partial charge in [0.05, 0.1) is 16.8 Å². The molecule has 2 aromatic rings. The van der Waals surface area contributed by atoms with Gasteiger partial charge in [0, 0.05) is 37.6 Å². The van der Waals surface area contributed by atoms with Crippen molar-refractivity contribution < 1.29 is 22.8 Å². The first-order chi connectivity index (χ1) is 16.7. The highest BCUT2D eigenvalue weighted by Gasteiger charge is 2.33.